The van der Waals surface area contributed by atoms with Crippen LogP contribution in [0.1, 0.15) is 43.7 Å². The summed E-state index contributed by atoms with van der Waals surface area (Å²) in [5.74, 6) is 0.341. The smallest absolute Gasteiger partial charge is 0.341 e. The van der Waals surface area contributed by atoms with E-state index in [2.05, 4.69) is 34.1 Å². The van der Waals surface area contributed by atoms with Gasteiger partial charge in [-0.05, 0) is 36.0 Å². The van der Waals surface area contributed by atoms with Gasteiger partial charge >= 0.3 is 6.18 Å². The maximum atomic E-state index is 13.0. The zero-order chi connectivity index (χ0) is 28.4. The number of amides is 1. The zero-order valence-electron chi connectivity index (χ0n) is 22.5. The number of aromatic nitrogens is 3. The van der Waals surface area contributed by atoms with Crippen molar-refractivity contribution in [2.45, 2.75) is 38.8 Å². The Hall–Kier alpha value is -3.67. The first-order chi connectivity index (χ1) is 19.1. The van der Waals surface area contributed by atoms with Gasteiger partial charge in [-0.2, -0.15) is 23.3 Å². The number of halogens is 3. The molecule has 1 amide bonds. The number of hydrogen-bond donors (Lipinski definition) is 0. The van der Waals surface area contributed by atoms with Gasteiger partial charge < -0.3 is 4.90 Å². The summed E-state index contributed by atoms with van der Waals surface area (Å²) in [6.07, 6.45) is -2.42. The Balaban J connectivity index is 1.27. The molecule has 2 aliphatic heterocycles. The first-order valence-corrected chi connectivity index (χ1v) is 14.1. The number of nitrogens with zero attached hydrogens (tertiary/aromatic N) is 7. The Labute approximate surface area is 235 Å². The molecule has 12 heteroatoms. The molecule has 0 aliphatic carbocycles. The number of benzene rings is 2. The third-order valence-electron chi connectivity index (χ3n) is 7.06. The molecule has 2 aliphatic rings. The molecule has 0 unspecified atom stereocenters. The van der Waals surface area contributed by atoms with Crippen LogP contribution in [0, 0.1) is 5.92 Å². The predicted octanol–water partition coefficient (Wildman–Crippen LogP) is 5.85. The average molecular weight is 570 g/mol. The van der Waals surface area contributed by atoms with Crippen LogP contribution >= 0.6 is 11.8 Å². The third-order valence-corrected chi connectivity index (χ3v) is 7.98. The zero-order valence-corrected chi connectivity index (χ0v) is 23.3. The maximum Gasteiger partial charge on any atom is 0.391 e. The number of piperidine rings is 1. The van der Waals surface area contributed by atoms with E-state index >= 15 is 0 Å². The lowest BCUT2D eigenvalue weighted by Gasteiger charge is -2.33. The highest BCUT2D eigenvalue weighted by molar-refractivity contribution is 8.15. The summed E-state index contributed by atoms with van der Waals surface area (Å²) in [6, 6.07) is 15.3. The summed E-state index contributed by atoms with van der Waals surface area (Å²) in [4.78, 5) is 20.7. The average Bonchev–Trinajstić information content (AvgIpc) is 3.50. The number of aryl methyl sites for hydroxylation is 1. The number of thioether (sulfide) groups is 1. The molecule has 0 radical (unpaired) electrons. The number of para-hydroxylation sites is 1. The van der Waals surface area contributed by atoms with E-state index in [9.17, 15) is 18.0 Å². The molecule has 8 nitrogen and oxygen atoms in total. The molecule has 210 valence electrons. The number of rotatable bonds is 6. The van der Waals surface area contributed by atoms with E-state index in [1.165, 1.54) is 11.8 Å². The van der Waals surface area contributed by atoms with Crippen LogP contribution < -0.4 is 9.80 Å². The number of amidine groups is 1. The van der Waals surface area contributed by atoms with Crippen LogP contribution in [-0.2, 0) is 11.8 Å². The summed E-state index contributed by atoms with van der Waals surface area (Å²) in [7, 11) is 1.75. The van der Waals surface area contributed by atoms with Crippen LogP contribution in [-0.4, -0.2) is 57.1 Å². The molecular weight excluding hydrogens is 539 g/mol. The Kier molecular flexibility index (Phi) is 7.97. The molecule has 5 rings (SSSR count). The van der Waals surface area contributed by atoms with Crippen LogP contribution in [0.25, 0.3) is 11.4 Å². The first kappa shape index (κ1) is 27.9. The SMILES string of the molecule is CC(C)c1ccccc1N1C(=O)CSC1=NN=Cc1ccc(-c2nc(N3CCC(C(F)(F)F)CC3)n(C)n2)cc1. The highest BCUT2D eigenvalue weighted by atomic mass is 32.2. The Bertz CT molecular complexity index is 1420. The van der Waals surface area contributed by atoms with Gasteiger partial charge in [-0.25, -0.2) is 4.68 Å². The fourth-order valence-electron chi connectivity index (χ4n) is 4.90. The van der Waals surface area contributed by atoms with E-state index in [4.69, 9.17) is 0 Å². The molecular formula is C28H30F3N7OS. The molecule has 2 aromatic carbocycles. The summed E-state index contributed by atoms with van der Waals surface area (Å²) >= 11 is 1.36. The lowest BCUT2D eigenvalue weighted by molar-refractivity contribution is -0.179. The monoisotopic (exact) mass is 569 g/mol. The fraction of sp³-hybridized carbons (Fsp3) is 0.393. The van der Waals surface area contributed by atoms with Crippen LogP contribution in [0.15, 0.2) is 58.7 Å². The van der Waals surface area contributed by atoms with Crippen molar-refractivity contribution in [3.8, 4) is 11.4 Å². The number of anilines is 2. The molecule has 0 atom stereocenters. The number of carbonyl (C=O) groups excluding carboxylic acids is 1. The molecule has 0 bridgehead atoms. The van der Waals surface area contributed by atoms with Crippen molar-refractivity contribution in [2.24, 2.45) is 23.2 Å². The molecule has 0 N–H and O–H groups in total. The van der Waals surface area contributed by atoms with Gasteiger partial charge in [0.05, 0.1) is 23.6 Å². The molecule has 40 heavy (non-hydrogen) atoms. The third kappa shape index (κ3) is 5.91. The van der Waals surface area contributed by atoms with E-state index in [1.807, 2.05) is 53.4 Å². The number of hydrogen-bond acceptors (Lipinski definition) is 7. The van der Waals surface area contributed by atoms with Crippen molar-refractivity contribution in [3.63, 3.8) is 0 Å². The van der Waals surface area contributed by atoms with E-state index in [1.54, 1.807) is 22.8 Å². The minimum Gasteiger partial charge on any atom is -0.341 e. The molecule has 0 saturated carbocycles. The minimum absolute atomic E-state index is 0.0247. The van der Waals surface area contributed by atoms with Gasteiger partial charge in [-0.1, -0.05) is 68.1 Å². The van der Waals surface area contributed by atoms with Gasteiger partial charge in [0, 0.05) is 25.7 Å². The fourth-order valence-corrected chi connectivity index (χ4v) is 5.71. The van der Waals surface area contributed by atoms with Crippen LogP contribution in [0.2, 0.25) is 0 Å². The highest BCUT2D eigenvalue weighted by Gasteiger charge is 2.41. The van der Waals surface area contributed by atoms with Crippen LogP contribution in [0.3, 0.4) is 0 Å². The van der Waals surface area contributed by atoms with Gasteiger partial charge in [-0.15, -0.1) is 10.2 Å². The molecule has 3 aromatic rings. The van der Waals surface area contributed by atoms with Gasteiger partial charge in [0.2, 0.25) is 11.9 Å². The van der Waals surface area contributed by atoms with E-state index in [-0.39, 0.29) is 24.7 Å². The maximum absolute atomic E-state index is 13.0. The van der Waals surface area contributed by atoms with Gasteiger partial charge in [0.15, 0.2) is 11.0 Å². The Morgan fingerprint density at radius 2 is 1.77 bits per heavy atom. The van der Waals surface area contributed by atoms with Crippen molar-refractivity contribution in [3.05, 3.63) is 59.7 Å². The molecule has 3 heterocycles. The minimum atomic E-state index is -4.15. The molecule has 1 aromatic heterocycles. The summed E-state index contributed by atoms with van der Waals surface area (Å²) < 4.78 is 40.7. The first-order valence-electron chi connectivity index (χ1n) is 13.1. The topological polar surface area (TPSA) is 79.0 Å². The molecule has 2 fully saturated rings. The van der Waals surface area contributed by atoms with Gasteiger partial charge in [-0.3, -0.25) is 9.69 Å². The van der Waals surface area contributed by atoms with E-state index in [0.29, 0.717) is 35.8 Å². The normalized spacial score (nSPS) is 18.2. The van der Waals surface area contributed by atoms with E-state index in [0.717, 1.165) is 22.4 Å². The summed E-state index contributed by atoms with van der Waals surface area (Å²) in [6.45, 7) is 4.76. The lowest BCUT2D eigenvalue weighted by Crippen LogP contribution is -2.40. The Morgan fingerprint density at radius 3 is 2.45 bits per heavy atom. The van der Waals surface area contributed by atoms with Gasteiger partial charge in [0.1, 0.15) is 0 Å². The van der Waals surface area contributed by atoms with Crippen molar-refractivity contribution < 1.29 is 18.0 Å². The Morgan fingerprint density at radius 1 is 1.07 bits per heavy atom. The number of alkyl halides is 3. The quantitative estimate of drug-likeness (QED) is 0.275. The molecule has 2 saturated heterocycles. The van der Waals surface area contributed by atoms with Crippen LogP contribution in [0.4, 0.5) is 24.8 Å². The van der Waals surface area contributed by atoms with Crippen molar-refractivity contribution >= 4 is 40.7 Å². The van der Waals surface area contributed by atoms with Gasteiger partial charge in [0.25, 0.3) is 0 Å². The van der Waals surface area contributed by atoms with E-state index < -0.39 is 12.1 Å². The molecule has 0 spiro atoms. The second kappa shape index (κ2) is 11.4. The number of carbonyl (C=O) groups is 1. The lowest BCUT2D eigenvalue weighted by atomic mass is 9.96. The predicted molar refractivity (Wildman–Crippen MR) is 153 cm³/mol. The second-order valence-corrected chi connectivity index (χ2v) is 11.1. The highest BCUT2D eigenvalue weighted by Crippen LogP contribution is 2.36. The van der Waals surface area contributed by atoms with Crippen molar-refractivity contribution in [1.29, 1.82) is 0 Å². The second-order valence-electron chi connectivity index (χ2n) is 10.1. The largest absolute Gasteiger partial charge is 0.391 e. The van der Waals surface area contributed by atoms with Crippen molar-refractivity contribution in [2.75, 3.05) is 28.6 Å². The summed E-state index contributed by atoms with van der Waals surface area (Å²) in [5, 5.41) is 13.6. The summed E-state index contributed by atoms with van der Waals surface area (Å²) in [5.41, 5.74) is 3.49. The standard InChI is InChI=1S/C28H30F3N7OS/c1-18(2)22-6-4-5-7-23(22)38-24(39)17-40-27(38)34-32-16-19-8-10-20(11-9-19)25-33-26(36(3)35-25)37-14-12-21(13-15-37)28(29,30)31/h4-11,16,18,21H,12-15,17H2,1-3H3. The van der Waals surface area contributed by atoms with Crippen LogP contribution in [0.5, 0.6) is 0 Å². The van der Waals surface area contributed by atoms with Crippen molar-refractivity contribution in [1.82, 2.24) is 14.8 Å².